The summed E-state index contributed by atoms with van der Waals surface area (Å²) in [5, 5.41) is 12.4. The fourth-order valence-electron chi connectivity index (χ4n) is 8.94. The SMILES string of the molecule is C=Cc1ccc(N2C(=O)[C@H]3[C@H](CC=C4[C@H]3C[C@H]3C(=O)N(Nc5ccc(Cl)cc5Cl)C(=O)[C@@]3(c3ccc(OC)cc3)[C@H]4c3cccc(O)c3)C2=O)cc1. The topological polar surface area (TPSA) is 116 Å². The fraction of sp³-hybridized carbons (Fsp3) is 0.220. The Bertz CT molecular complexity index is 2200. The van der Waals surface area contributed by atoms with Gasteiger partial charge in [-0.25, -0.2) is 0 Å². The lowest BCUT2D eigenvalue weighted by molar-refractivity contribution is -0.138. The van der Waals surface area contributed by atoms with Crippen LogP contribution in [0.1, 0.15) is 35.4 Å². The van der Waals surface area contributed by atoms with Gasteiger partial charge in [-0.1, -0.05) is 83.9 Å². The van der Waals surface area contributed by atoms with E-state index >= 15 is 4.79 Å². The van der Waals surface area contributed by atoms with E-state index in [1.807, 2.05) is 12.1 Å². The van der Waals surface area contributed by atoms with Crippen LogP contribution in [0.3, 0.4) is 0 Å². The Morgan fingerprint density at radius 1 is 0.904 bits per heavy atom. The van der Waals surface area contributed by atoms with E-state index in [1.165, 1.54) is 11.0 Å². The van der Waals surface area contributed by atoms with Crippen LogP contribution in [0, 0.1) is 23.7 Å². The van der Waals surface area contributed by atoms with Gasteiger partial charge in [0.15, 0.2) is 0 Å². The highest BCUT2D eigenvalue weighted by Crippen LogP contribution is 2.64. The Balaban J connectivity index is 1.31. The van der Waals surface area contributed by atoms with Gasteiger partial charge in [0.05, 0.1) is 46.7 Å². The molecule has 4 aliphatic rings. The quantitative estimate of drug-likeness (QED) is 0.149. The van der Waals surface area contributed by atoms with Crippen molar-refractivity contribution >= 4 is 64.3 Å². The lowest BCUT2D eigenvalue weighted by Gasteiger charge is -2.50. The summed E-state index contributed by atoms with van der Waals surface area (Å²) in [6.07, 6.45) is 4.05. The number of fused-ring (bicyclic) bond motifs is 4. The number of aromatic hydroxyl groups is 1. The molecule has 2 aliphatic heterocycles. The van der Waals surface area contributed by atoms with Gasteiger partial charge in [0.2, 0.25) is 11.8 Å². The molecular formula is C41H33Cl2N3O6. The third-order valence-electron chi connectivity index (χ3n) is 11.2. The highest BCUT2D eigenvalue weighted by atomic mass is 35.5. The predicted octanol–water partition coefficient (Wildman–Crippen LogP) is 7.54. The van der Waals surface area contributed by atoms with Crippen molar-refractivity contribution in [3.63, 3.8) is 0 Å². The maximum absolute atomic E-state index is 15.3. The molecule has 262 valence electrons. The number of rotatable bonds is 7. The second kappa shape index (κ2) is 12.7. The van der Waals surface area contributed by atoms with Crippen molar-refractivity contribution in [3.05, 3.63) is 136 Å². The molecule has 0 unspecified atom stereocenters. The maximum atomic E-state index is 15.3. The van der Waals surface area contributed by atoms with Gasteiger partial charge in [0.25, 0.3) is 11.8 Å². The van der Waals surface area contributed by atoms with Crippen LogP contribution in [0.2, 0.25) is 10.0 Å². The number of anilines is 2. The van der Waals surface area contributed by atoms with Gasteiger partial charge in [-0.2, -0.15) is 5.01 Å². The standard InChI is InChI=1S/C41H33Cl2N3O6/c1-3-22-7-12-26(13-8-22)45-37(48)30-17-16-29-31(35(30)39(45)50)21-32-38(49)46(44-34-18-11-25(42)20-33(34)43)40(51)41(32,24-9-14-28(52-2)15-10-24)36(29)23-5-4-6-27(47)19-23/h3-16,18-20,30-32,35-36,44,47H,1,17,21H2,2H3/t30-,31+,32-,35-,36-,41+/m0/s1. The number of amides is 4. The third kappa shape index (κ3) is 4.98. The van der Waals surface area contributed by atoms with E-state index < -0.39 is 46.8 Å². The molecule has 1 saturated carbocycles. The number of phenolic OH excluding ortho intramolecular Hbond substituents is 1. The zero-order valence-corrected chi connectivity index (χ0v) is 29.5. The van der Waals surface area contributed by atoms with Gasteiger partial charge in [-0.05, 0) is 90.0 Å². The summed E-state index contributed by atoms with van der Waals surface area (Å²) in [6.45, 7) is 3.79. The predicted molar refractivity (Wildman–Crippen MR) is 198 cm³/mol. The number of nitrogens with one attached hydrogen (secondary N) is 1. The number of hydrogen-bond acceptors (Lipinski definition) is 7. The Hall–Kier alpha value is -5.38. The summed E-state index contributed by atoms with van der Waals surface area (Å²) in [5.41, 5.74) is 5.01. The molecule has 0 aromatic heterocycles. The number of phenols is 1. The van der Waals surface area contributed by atoms with Gasteiger partial charge in [0.1, 0.15) is 11.5 Å². The maximum Gasteiger partial charge on any atom is 0.260 e. The van der Waals surface area contributed by atoms with Crippen LogP contribution in [0.5, 0.6) is 11.5 Å². The number of ether oxygens (including phenoxy) is 1. The minimum atomic E-state index is -1.52. The Labute approximate surface area is 310 Å². The molecule has 11 heteroatoms. The Morgan fingerprint density at radius 2 is 1.65 bits per heavy atom. The molecule has 2 N–H and O–H groups in total. The molecular weight excluding hydrogens is 701 g/mol. The summed E-state index contributed by atoms with van der Waals surface area (Å²) in [7, 11) is 1.54. The first-order valence-electron chi connectivity index (χ1n) is 16.9. The number of carbonyl (C=O) groups excluding carboxylic acids is 4. The van der Waals surface area contributed by atoms with Crippen LogP contribution in [0.25, 0.3) is 6.08 Å². The number of imide groups is 2. The fourth-order valence-corrected chi connectivity index (χ4v) is 9.39. The lowest BCUT2D eigenvalue weighted by atomic mass is 9.49. The minimum absolute atomic E-state index is 0.0173. The normalized spacial score (nSPS) is 26.4. The van der Waals surface area contributed by atoms with Gasteiger partial charge < -0.3 is 9.84 Å². The minimum Gasteiger partial charge on any atom is -0.508 e. The van der Waals surface area contributed by atoms with E-state index in [-0.39, 0.29) is 35.4 Å². The largest absolute Gasteiger partial charge is 0.508 e. The molecule has 4 amide bonds. The number of nitrogens with zero attached hydrogens (tertiary/aromatic N) is 2. The molecule has 0 bridgehead atoms. The monoisotopic (exact) mass is 733 g/mol. The molecule has 4 aromatic rings. The van der Waals surface area contributed by atoms with Crippen molar-refractivity contribution in [2.45, 2.75) is 24.2 Å². The van der Waals surface area contributed by atoms with Crippen LogP contribution in [-0.4, -0.2) is 40.9 Å². The summed E-state index contributed by atoms with van der Waals surface area (Å²) < 4.78 is 5.45. The number of halogens is 2. The first kappa shape index (κ1) is 33.7. The molecule has 4 aromatic carbocycles. The first-order valence-corrected chi connectivity index (χ1v) is 17.7. The summed E-state index contributed by atoms with van der Waals surface area (Å²) in [5.74, 6) is -4.88. The van der Waals surface area contributed by atoms with E-state index in [2.05, 4.69) is 12.0 Å². The zero-order valence-electron chi connectivity index (χ0n) is 28.0. The van der Waals surface area contributed by atoms with Crippen molar-refractivity contribution in [1.29, 1.82) is 0 Å². The van der Waals surface area contributed by atoms with Crippen LogP contribution in [-0.2, 0) is 24.6 Å². The average Bonchev–Trinajstić information content (AvgIpc) is 3.53. The number of carbonyl (C=O) groups is 4. The molecule has 2 heterocycles. The van der Waals surface area contributed by atoms with E-state index in [0.717, 1.165) is 16.1 Å². The van der Waals surface area contributed by atoms with Crippen molar-refractivity contribution in [2.24, 2.45) is 23.7 Å². The summed E-state index contributed by atoms with van der Waals surface area (Å²) in [4.78, 5) is 59.9. The van der Waals surface area contributed by atoms with Crippen LogP contribution >= 0.6 is 23.2 Å². The van der Waals surface area contributed by atoms with Crippen molar-refractivity contribution in [1.82, 2.24) is 5.01 Å². The molecule has 52 heavy (non-hydrogen) atoms. The second-order valence-electron chi connectivity index (χ2n) is 13.6. The van der Waals surface area contributed by atoms with Crippen molar-refractivity contribution < 1.29 is 29.0 Å². The second-order valence-corrected chi connectivity index (χ2v) is 14.5. The lowest BCUT2D eigenvalue weighted by Crippen LogP contribution is -2.53. The van der Waals surface area contributed by atoms with E-state index in [1.54, 1.807) is 92.0 Å². The van der Waals surface area contributed by atoms with Crippen LogP contribution < -0.4 is 15.1 Å². The molecule has 0 radical (unpaired) electrons. The number of benzene rings is 4. The van der Waals surface area contributed by atoms with Gasteiger partial charge in [-0.3, -0.25) is 29.5 Å². The molecule has 0 spiro atoms. The molecule has 3 fully saturated rings. The number of allylic oxidation sites excluding steroid dienone is 2. The Kier molecular flexibility index (Phi) is 8.23. The van der Waals surface area contributed by atoms with E-state index in [0.29, 0.717) is 33.3 Å². The first-order chi connectivity index (χ1) is 25.1. The summed E-state index contributed by atoms with van der Waals surface area (Å²) in [6, 6.07) is 25.5. The zero-order chi connectivity index (χ0) is 36.5. The van der Waals surface area contributed by atoms with Gasteiger partial charge in [-0.15, -0.1) is 0 Å². The van der Waals surface area contributed by atoms with E-state index in [9.17, 15) is 19.5 Å². The molecule has 8 rings (SSSR count). The average molecular weight is 735 g/mol. The number of hydrogen-bond donors (Lipinski definition) is 2. The molecule has 2 saturated heterocycles. The van der Waals surface area contributed by atoms with E-state index in [4.69, 9.17) is 27.9 Å². The third-order valence-corrected chi connectivity index (χ3v) is 11.7. The van der Waals surface area contributed by atoms with Crippen molar-refractivity contribution in [3.8, 4) is 11.5 Å². The van der Waals surface area contributed by atoms with Gasteiger partial charge >= 0.3 is 0 Å². The number of hydrazine groups is 1. The van der Waals surface area contributed by atoms with Crippen molar-refractivity contribution in [2.75, 3.05) is 17.4 Å². The van der Waals surface area contributed by atoms with Crippen LogP contribution in [0.15, 0.2) is 109 Å². The molecule has 9 nitrogen and oxygen atoms in total. The number of methoxy groups -OCH3 is 1. The van der Waals surface area contributed by atoms with Crippen LogP contribution in [0.4, 0.5) is 11.4 Å². The Morgan fingerprint density at radius 3 is 2.33 bits per heavy atom. The summed E-state index contributed by atoms with van der Waals surface area (Å²) >= 11 is 12.7. The molecule has 2 aliphatic carbocycles. The highest BCUT2D eigenvalue weighted by Gasteiger charge is 2.70. The van der Waals surface area contributed by atoms with Gasteiger partial charge in [0, 0.05) is 10.9 Å². The smallest absolute Gasteiger partial charge is 0.260 e. The molecule has 6 atom stereocenters. The highest BCUT2D eigenvalue weighted by molar-refractivity contribution is 6.36.